The minimum Gasteiger partial charge on any atom is -0.356 e. The number of rotatable bonds is 2. The standard InChI is InChI=1S/C8H11F2NO/c9-8(10)4-6(8)3-5-1-2-11-7(5)12/h5-6H,1-4H2,(H,11,12). The molecule has 68 valence electrons. The molecule has 2 aliphatic rings. The Morgan fingerprint density at radius 2 is 2.25 bits per heavy atom. The first kappa shape index (κ1) is 7.95. The molecule has 1 aliphatic heterocycles. The summed E-state index contributed by atoms with van der Waals surface area (Å²) in [6.07, 6.45) is 1.08. The van der Waals surface area contributed by atoms with E-state index in [4.69, 9.17) is 0 Å². The van der Waals surface area contributed by atoms with Crippen LogP contribution in [-0.4, -0.2) is 18.4 Å². The van der Waals surface area contributed by atoms with E-state index in [0.29, 0.717) is 13.0 Å². The predicted octanol–water partition coefficient (Wildman–Crippen LogP) is 1.17. The van der Waals surface area contributed by atoms with Crippen LogP contribution in [0.4, 0.5) is 8.78 Å². The third-order valence-electron chi connectivity index (χ3n) is 2.69. The van der Waals surface area contributed by atoms with Gasteiger partial charge in [0.05, 0.1) is 0 Å². The predicted molar refractivity (Wildman–Crippen MR) is 38.8 cm³/mol. The third-order valence-corrected chi connectivity index (χ3v) is 2.69. The molecule has 1 N–H and O–H groups in total. The number of hydrogen-bond acceptors (Lipinski definition) is 1. The Morgan fingerprint density at radius 3 is 2.67 bits per heavy atom. The van der Waals surface area contributed by atoms with Crippen LogP contribution in [0.2, 0.25) is 0 Å². The smallest absolute Gasteiger partial charge is 0.251 e. The minimum atomic E-state index is -2.47. The van der Waals surface area contributed by atoms with Gasteiger partial charge in [-0.2, -0.15) is 0 Å². The summed E-state index contributed by atoms with van der Waals surface area (Å²) in [5.74, 6) is -3.18. The number of hydrogen-bond donors (Lipinski definition) is 1. The lowest BCUT2D eigenvalue weighted by molar-refractivity contribution is -0.122. The summed E-state index contributed by atoms with van der Waals surface area (Å²) < 4.78 is 24.9. The van der Waals surface area contributed by atoms with E-state index in [1.54, 1.807) is 0 Å². The molecule has 1 heterocycles. The van der Waals surface area contributed by atoms with Crippen LogP contribution in [0.5, 0.6) is 0 Å². The summed E-state index contributed by atoms with van der Waals surface area (Å²) in [5.41, 5.74) is 0. The van der Waals surface area contributed by atoms with Gasteiger partial charge >= 0.3 is 0 Å². The van der Waals surface area contributed by atoms with Gasteiger partial charge in [0.25, 0.3) is 5.92 Å². The fraction of sp³-hybridized carbons (Fsp3) is 0.875. The normalized spacial score (nSPS) is 38.0. The molecule has 12 heavy (non-hydrogen) atoms. The van der Waals surface area contributed by atoms with Crippen molar-refractivity contribution in [2.75, 3.05) is 6.54 Å². The highest BCUT2D eigenvalue weighted by Gasteiger charge is 2.57. The van der Waals surface area contributed by atoms with E-state index in [1.165, 1.54) is 0 Å². The maximum atomic E-state index is 12.4. The summed E-state index contributed by atoms with van der Waals surface area (Å²) in [5, 5.41) is 2.65. The molecule has 2 fully saturated rings. The van der Waals surface area contributed by atoms with Crippen molar-refractivity contribution < 1.29 is 13.6 Å². The maximum absolute atomic E-state index is 12.4. The van der Waals surface area contributed by atoms with Crippen LogP contribution in [0.15, 0.2) is 0 Å². The average Bonchev–Trinajstić information content (AvgIpc) is 2.39. The van der Waals surface area contributed by atoms with Crippen LogP contribution in [-0.2, 0) is 4.79 Å². The molecular formula is C8H11F2NO. The number of nitrogens with one attached hydrogen (secondary N) is 1. The largest absolute Gasteiger partial charge is 0.356 e. The molecule has 0 spiro atoms. The van der Waals surface area contributed by atoms with Crippen LogP contribution in [0.1, 0.15) is 19.3 Å². The number of alkyl halides is 2. The Hall–Kier alpha value is -0.670. The summed E-state index contributed by atoms with van der Waals surface area (Å²) in [6, 6.07) is 0. The second-order valence-corrected chi connectivity index (χ2v) is 3.67. The van der Waals surface area contributed by atoms with Crippen LogP contribution in [0, 0.1) is 11.8 Å². The van der Waals surface area contributed by atoms with Gasteiger partial charge in [-0.05, 0) is 12.8 Å². The number of carbonyl (C=O) groups excluding carboxylic acids is 1. The molecule has 2 atom stereocenters. The molecule has 0 radical (unpaired) electrons. The second-order valence-electron chi connectivity index (χ2n) is 3.67. The average molecular weight is 175 g/mol. The zero-order valence-electron chi connectivity index (χ0n) is 6.65. The molecule has 1 aliphatic carbocycles. The van der Waals surface area contributed by atoms with Gasteiger partial charge in [-0.3, -0.25) is 4.79 Å². The molecule has 0 bridgehead atoms. The van der Waals surface area contributed by atoms with Crippen molar-refractivity contribution in [1.82, 2.24) is 5.32 Å². The van der Waals surface area contributed by atoms with Gasteiger partial charge in [0, 0.05) is 24.8 Å². The van der Waals surface area contributed by atoms with E-state index >= 15 is 0 Å². The molecule has 2 nitrogen and oxygen atoms in total. The van der Waals surface area contributed by atoms with Gasteiger partial charge < -0.3 is 5.32 Å². The Morgan fingerprint density at radius 1 is 1.58 bits per heavy atom. The molecule has 0 aromatic heterocycles. The molecule has 1 saturated heterocycles. The quantitative estimate of drug-likeness (QED) is 0.670. The van der Waals surface area contributed by atoms with Crippen LogP contribution in [0.25, 0.3) is 0 Å². The van der Waals surface area contributed by atoms with E-state index in [2.05, 4.69) is 5.32 Å². The lowest BCUT2D eigenvalue weighted by Crippen LogP contribution is -2.19. The summed E-state index contributed by atoms with van der Waals surface area (Å²) in [7, 11) is 0. The SMILES string of the molecule is O=C1NCCC1CC1CC1(F)F. The summed E-state index contributed by atoms with van der Waals surface area (Å²) >= 11 is 0. The molecule has 0 aromatic rings. The molecule has 1 saturated carbocycles. The minimum absolute atomic E-state index is 0.0171. The van der Waals surface area contributed by atoms with Gasteiger partial charge in [0.1, 0.15) is 0 Å². The topological polar surface area (TPSA) is 29.1 Å². The van der Waals surface area contributed by atoms with Gasteiger partial charge in [0.2, 0.25) is 5.91 Å². The lowest BCUT2D eigenvalue weighted by atomic mass is 10.0. The number of carbonyl (C=O) groups is 1. The Labute approximate surface area is 69.3 Å². The molecule has 2 rings (SSSR count). The number of amides is 1. The van der Waals surface area contributed by atoms with E-state index in [-0.39, 0.29) is 18.2 Å². The fourth-order valence-electron chi connectivity index (χ4n) is 1.74. The first-order chi connectivity index (χ1) is 5.59. The monoisotopic (exact) mass is 175 g/mol. The Balaban J connectivity index is 1.84. The molecular weight excluding hydrogens is 164 g/mol. The number of halogens is 2. The molecule has 2 unspecified atom stereocenters. The van der Waals surface area contributed by atoms with Gasteiger partial charge in [-0.1, -0.05) is 0 Å². The van der Waals surface area contributed by atoms with Gasteiger partial charge in [-0.15, -0.1) is 0 Å². The summed E-state index contributed by atoms with van der Waals surface area (Å²) in [6.45, 7) is 0.655. The van der Waals surface area contributed by atoms with E-state index in [9.17, 15) is 13.6 Å². The van der Waals surface area contributed by atoms with Crippen molar-refractivity contribution >= 4 is 5.91 Å². The van der Waals surface area contributed by atoms with E-state index in [0.717, 1.165) is 6.42 Å². The highest BCUT2D eigenvalue weighted by Crippen LogP contribution is 2.52. The van der Waals surface area contributed by atoms with Gasteiger partial charge in [0.15, 0.2) is 0 Å². The lowest BCUT2D eigenvalue weighted by Gasteiger charge is -2.04. The van der Waals surface area contributed by atoms with Crippen LogP contribution in [0.3, 0.4) is 0 Å². The highest BCUT2D eigenvalue weighted by atomic mass is 19.3. The van der Waals surface area contributed by atoms with Crippen LogP contribution < -0.4 is 5.32 Å². The highest BCUT2D eigenvalue weighted by molar-refractivity contribution is 5.80. The Bertz CT molecular complexity index is 217. The zero-order valence-corrected chi connectivity index (χ0v) is 6.65. The van der Waals surface area contributed by atoms with E-state index < -0.39 is 11.8 Å². The van der Waals surface area contributed by atoms with Crippen molar-refractivity contribution in [2.24, 2.45) is 11.8 Å². The van der Waals surface area contributed by atoms with E-state index in [1.807, 2.05) is 0 Å². The van der Waals surface area contributed by atoms with Crippen LogP contribution >= 0.6 is 0 Å². The first-order valence-electron chi connectivity index (χ1n) is 4.25. The van der Waals surface area contributed by atoms with Crippen molar-refractivity contribution in [3.63, 3.8) is 0 Å². The molecule has 1 amide bonds. The van der Waals surface area contributed by atoms with Crippen molar-refractivity contribution in [1.29, 1.82) is 0 Å². The fourth-order valence-corrected chi connectivity index (χ4v) is 1.74. The third kappa shape index (κ3) is 1.30. The first-order valence-corrected chi connectivity index (χ1v) is 4.25. The molecule has 0 aromatic carbocycles. The maximum Gasteiger partial charge on any atom is 0.251 e. The van der Waals surface area contributed by atoms with Crippen molar-refractivity contribution in [3.8, 4) is 0 Å². The second kappa shape index (κ2) is 2.41. The van der Waals surface area contributed by atoms with Crippen molar-refractivity contribution in [3.05, 3.63) is 0 Å². The Kier molecular flexibility index (Phi) is 1.59. The zero-order chi connectivity index (χ0) is 8.77. The van der Waals surface area contributed by atoms with Crippen molar-refractivity contribution in [2.45, 2.75) is 25.2 Å². The van der Waals surface area contributed by atoms with Gasteiger partial charge in [-0.25, -0.2) is 8.78 Å². The molecule has 4 heteroatoms. The summed E-state index contributed by atoms with van der Waals surface area (Å²) in [4.78, 5) is 11.0.